The highest BCUT2D eigenvalue weighted by molar-refractivity contribution is 7.92. The van der Waals surface area contributed by atoms with Crippen LogP contribution in [-0.2, 0) is 21.2 Å². The van der Waals surface area contributed by atoms with E-state index in [-0.39, 0.29) is 36.4 Å². The number of aromatic nitrogens is 2. The Hall–Kier alpha value is -2.03. The van der Waals surface area contributed by atoms with Crippen LogP contribution in [0.1, 0.15) is 16.8 Å². The number of nitrogens with one attached hydrogen (secondary N) is 1. The normalized spacial score (nSPS) is 17.2. The van der Waals surface area contributed by atoms with Crippen molar-refractivity contribution in [2.24, 2.45) is 0 Å². The Morgan fingerprint density at radius 1 is 1.45 bits per heavy atom. The highest BCUT2D eigenvalue weighted by Crippen LogP contribution is 2.10. The van der Waals surface area contributed by atoms with Gasteiger partial charge >= 0.3 is 5.97 Å². The quantitative estimate of drug-likeness (QED) is 0.631. The van der Waals surface area contributed by atoms with Crippen molar-refractivity contribution in [1.82, 2.24) is 10.4 Å². The summed E-state index contributed by atoms with van der Waals surface area (Å²) in [7, 11) is -2.97. The summed E-state index contributed by atoms with van der Waals surface area (Å²) in [6.45, 7) is 0.220. The summed E-state index contributed by atoms with van der Waals surface area (Å²) in [5.74, 6) is -1.37. The first-order chi connectivity index (χ1) is 9.35. The van der Waals surface area contributed by atoms with Gasteiger partial charge in [0.15, 0.2) is 22.6 Å². The van der Waals surface area contributed by atoms with Gasteiger partial charge in [-0.05, 0) is 5.10 Å². The predicted octanol–water partition coefficient (Wildman–Crippen LogP) is -1.63. The van der Waals surface area contributed by atoms with Crippen LogP contribution in [0.2, 0.25) is 0 Å². The second-order valence-electron chi connectivity index (χ2n) is 4.57. The summed E-state index contributed by atoms with van der Waals surface area (Å²) in [4.78, 5) is 22.2. The van der Waals surface area contributed by atoms with Crippen molar-refractivity contribution >= 4 is 21.7 Å². The molecular formula is C11H14N3O5S+. The number of aryl methyl sites for hydroxylation is 1. The minimum Gasteiger partial charge on any atom is -0.481 e. The van der Waals surface area contributed by atoms with Crippen molar-refractivity contribution in [3.05, 3.63) is 24.0 Å². The number of sulfone groups is 1. The predicted molar refractivity (Wildman–Crippen MR) is 66.6 cm³/mol. The first-order valence-electron chi connectivity index (χ1n) is 5.94. The summed E-state index contributed by atoms with van der Waals surface area (Å²) >= 11 is 0. The zero-order chi connectivity index (χ0) is 14.8. The maximum absolute atomic E-state index is 11.8. The monoisotopic (exact) mass is 300 g/mol. The van der Waals surface area contributed by atoms with Gasteiger partial charge in [-0.2, -0.15) is 0 Å². The highest BCUT2D eigenvalue weighted by atomic mass is 32.2. The third kappa shape index (κ3) is 3.73. The molecule has 108 valence electrons. The van der Waals surface area contributed by atoms with E-state index in [0.717, 1.165) is 0 Å². The number of amides is 1. The highest BCUT2D eigenvalue weighted by Gasteiger charge is 2.34. The van der Waals surface area contributed by atoms with E-state index in [1.807, 2.05) is 0 Å². The summed E-state index contributed by atoms with van der Waals surface area (Å²) in [6.07, 6.45) is 2.78. The lowest BCUT2D eigenvalue weighted by molar-refractivity contribution is -0.753. The molecule has 0 atom stereocenters. The maximum Gasteiger partial charge on any atom is 0.309 e. The van der Waals surface area contributed by atoms with E-state index in [2.05, 4.69) is 10.4 Å². The van der Waals surface area contributed by atoms with Crippen molar-refractivity contribution in [3.63, 3.8) is 0 Å². The minimum atomic E-state index is -2.97. The van der Waals surface area contributed by atoms with Crippen LogP contribution in [0.4, 0.5) is 0 Å². The van der Waals surface area contributed by atoms with Crippen LogP contribution in [0.3, 0.4) is 0 Å². The number of carboxylic acid groups (broad SMARTS) is 1. The van der Waals surface area contributed by atoms with Crippen LogP contribution >= 0.6 is 0 Å². The number of hydrogen-bond acceptors (Lipinski definition) is 5. The number of carboxylic acids is 1. The summed E-state index contributed by atoms with van der Waals surface area (Å²) in [5.41, 5.74) is 0.306. The largest absolute Gasteiger partial charge is 0.481 e. The molecule has 0 saturated carbocycles. The fourth-order valence-electron chi connectivity index (χ4n) is 1.78. The van der Waals surface area contributed by atoms with Gasteiger partial charge in [0.1, 0.15) is 12.6 Å². The number of hydrogen-bond donors (Lipinski definition) is 2. The van der Waals surface area contributed by atoms with Gasteiger partial charge in [0.05, 0.1) is 23.1 Å². The van der Waals surface area contributed by atoms with Gasteiger partial charge < -0.3 is 10.4 Å². The molecule has 1 aromatic heterocycles. The molecule has 0 aromatic carbocycles. The maximum atomic E-state index is 11.8. The molecule has 1 aromatic rings. The van der Waals surface area contributed by atoms with E-state index in [1.165, 1.54) is 23.1 Å². The Kier molecular flexibility index (Phi) is 3.98. The van der Waals surface area contributed by atoms with Gasteiger partial charge in [0, 0.05) is 6.07 Å². The first kappa shape index (κ1) is 14.4. The Morgan fingerprint density at radius 2 is 2.15 bits per heavy atom. The van der Waals surface area contributed by atoms with E-state index < -0.39 is 15.8 Å². The molecule has 0 radical (unpaired) electrons. The molecule has 2 N–H and O–H groups in total. The van der Waals surface area contributed by atoms with Gasteiger partial charge in [-0.15, -0.1) is 0 Å². The molecule has 1 aliphatic rings. The molecule has 20 heavy (non-hydrogen) atoms. The molecule has 1 fully saturated rings. The SMILES string of the molecule is O=C(O)CC[n+]1ccc(C(=O)NC2CS(=O)(=O)C2)cn1. The third-order valence-electron chi connectivity index (χ3n) is 2.83. The number of rotatable bonds is 5. The lowest BCUT2D eigenvalue weighted by atomic mass is 10.2. The van der Waals surface area contributed by atoms with Crippen LogP contribution in [0.5, 0.6) is 0 Å². The lowest BCUT2D eigenvalue weighted by Crippen LogP contribution is -2.53. The number of carbonyl (C=O) groups is 2. The van der Waals surface area contributed by atoms with Crippen molar-refractivity contribution in [2.75, 3.05) is 11.5 Å². The average molecular weight is 300 g/mol. The fourth-order valence-corrected chi connectivity index (χ4v) is 3.07. The smallest absolute Gasteiger partial charge is 0.309 e. The molecular weight excluding hydrogens is 286 g/mol. The van der Waals surface area contributed by atoms with Gasteiger partial charge in [0.2, 0.25) is 0 Å². The zero-order valence-corrected chi connectivity index (χ0v) is 11.3. The van der Waals surface area contributed by atoms with Gasteiger partial charge in [0.25, 0.3) is 5.91 Å². The van der Waals surface area contributed by atoms with Crippen LogP contribution in [0.25, 0.3) is 0 Å². The molecule has 0 unspecified atom stereocenters. The average Bonchev–Trinajstić information content (AvgIpc) is 2.34. The molecule has 0 aliphatic carbocycles. The van der Waals surface area contributed by atoms with E-state index in [1.54, 1.807) is 0 Å². The standard InChI is InChI=1S/C11H13N3O5S/c15-10(16)2-4-14-3-1-8(5-12-14)11(17)13-9-6-20(18,19)7-9/h1,3,5,9H,2,4,6-7H2,(H-,13,15,16,17)/p+1. The van der Waals surface area contributed by atoms with Crippen LogP contribution in [0, 0.1) is 0 Å². The molecule has 9 heteroatoms. The molecule has 1 aliphatic heterocycles. The zero-order valence-electron chi connectivity index (χ0n) is 10.5. The van der Waals surface area contributed by atoms with Crippen molar-refractivity contribution in [3.8, 4) is 0 Å². The summed E-state index contributed by atoms with van der Waals surface area (Å²) < 4.78 is 23.4. The molecule has 0 bridgehead atoms. The Bertz CT molecular complexity index is 614. The number of carbonyl (C=O) groups excluding carboxylic acids is 1. The van der Waals surface area contributed by atoms with Crippen molar-refractivity contribution in [1.29, 1.82) is 0 Å². The Labute approximate surface area is 115 Å². The fraction of sp³-hybridized carbons (Fsp3) is 0.455. The topological polar surface area (TPSA) is 117 Å². The third-order valence-corrected chi connectivity index (χ3v) is 4.65. The molecule has 2 heterocycles. The molecule has 2 rings (SSSR count). The minimum absolute atomic E-state index is 0.0301. The Balaban J connectivity index is 1.89. The van der Waals surface area contributed by atoms with E-state index in [0.29, 0.717) is 5.56 Å². The van der Waals surface area contributed by atoms with Crippen LogP contribution in [-0.4, -0.2) is 48.0 Å². The summed E-state index contributed by atoms with van der Waals surface area (Å²) in [5, 5.41) is 15.1. The molecule has 8 nitrogen and oxygen atoms in total. The van der Waals surface area contributed by atoms with E-state index >= 15 is 0 Å². The Morgan fingerprint density at radius 3 is 2.65 bits per heavy atom. The van der Waals surface area contributed by atoms with Crippen molar-refractivity contribution < 1.29 is 27.8 Å². The van der Waals surface area contributed by atoms with E-state index in [9.17, 15) is 18.0 Å². The number of aliphatic carboxylic acids is 1. The van der Waals surface area contributed by atoms with E-state index in [4.69, 9.17) is 5.11 Å². The van der Waals surface area contributed by atoms with Gasteiger partial charge in [-0.25, -0.2) is 8.42 Å². The van der Waals surface area contributed by atoms with Crippen LogP contribution < -0.4 is 10.00 Å². The first-order valence-corrected chi connectivity index (χ1v) is 7.77. The molecule has 1 saturated heterocycles. The lowest BCUT2D eigenvalue weighted by Gasteiger charge is -2.26. The second-order valence-corrected chi connectivity index (χ2v) is 6.72. The van der Waals surface area contributed by atoms with Gasteiger partial charge in [-0.3, -0.25) is 9.59 Å². The molecule has 0 spiro atoms. The second kappa shape index (κ2) is 5.53. The molecule has 1 amide bonds. The van der Waals surface area contributed by atoms with Crippen molar-refractivity contribution in [2.45, 2.75) is 19.0 Å². The number of nitrogens with zero attached hydrogens (tertiary/aromatic N) is 2. The van der Waals surface area contributed by atoms with Gasteiger partial charge in [-0.1, -0.05) is 4.68 Å². The summed E-state index contributed by atoms with van der Waals surface area (Å²) in [6, 6.07) is 1.17. The van der Waals surface area contributed by atoms with Crippen LogP contribution in [0.15, 0.2) is 18.5 Å².